The smallest absolute Gasteiger partial charge is 0.262 e. The van der Waals surface area contributed by atoms with Crippen LogP contribution >= 0.6 is 23.2 Å². The van der Waals surface area contributed by atoms with Gasteiger partial charge in [0.15, 0.2) is 12.4 Å². The summed E-state index contributed by atoms with van der Waals surface area (Å²) in [5, 5.41) is 3.40. The van der Waals surface area contributed by atoms with Gasteiger partial charge in [-0.1, -0.05) is 35.3 Å². The van der Waals surface area contributed by atoms with Crippen LogP contribution in [0.3, 0.4) is 0 Å². The van der Waals surface area contributed by atoms with Gasteiger partial charge in [0.1, 0.15) is 0 Å². The summed E-state index contributed by atoms with van der Waals surface area (Å²) in [5.74, 6) is -0.0337. The van der Waals surface area contributed by atoms with E-state index in [9.17, 15) is 4.79 Å². The second-order valence-corrected chi connectivity index (χ2v) is 5.27. The van der Waals surface area contributed by atoms with Crippen molar-refractivity contribution in [1.29, 1.82) is 0 Å². The van der Waals surface area contributed by atoms with E-state index in [0.717, 1.165) is 5.56 Å². The van der Waals surface area contributed by atoms with Gasteiger partial charge in [-0.05, 0) is 36.8 Å². The number of hydrogen-bond donors (Lipinski definition) is 2. The van der Waals surface area contributed by atoms with Crippen LogP contribution in [0.1, 0.15) is 5.56 Å². The quantitative estimate of drug-likeness (QED) is 0.838. The third-order valence-corrected chi connectivity index (χ3v) is 3.42. The van der Waals surface area contributed by atoms with Gasteiger partial charge in [0.25, 0.3) is 5.91 Å². The average molecular weight is 325 g/mol. The Balaban J connectivity index is 1.97. The summed E-state index contributed by atoms with van der Waals surface area (Å²) in [5.41, 5.74) is 7.96. The summed E-state index contributed by atoms with van der Waals surface area (Å²) in [6, 6.07) is 10.3. The van der Waals surface area contributed by atoms with Crippen LogP contribution in [0.5, 0.6) is 5.75 Å². The zero-order valence-corrected chi connectivity index (χ0v) is 12.8. The zero-order chi connectivity index (χ0) is 15.4. The highest BCUT2D eigenvalue weighted by molar-refractivity contribution is 6.37. The fourth-order valence-corrected chi connectivity index (χ4v) is 2.18. The Labute approximate surface area is 132 Å². The molecule has 4 nitrogen and oxygen atoms in total. The lowest BCUT2D eigenvalue weighted by Gasteiger charge is -2.10. The summed E-state index contributed by atoms with van der Waals surface area (Å²) in [4.78, 5) is 11.8. The third kappa shape index (κ3) is 4.03. The van der Waals surface area contributed by atoms with E-state index in [-0.39, 0.29) is 12.5 Å². The van der Waals surface area contributed by atoms with E-state index >= 15 is 0 Å². The predicted molar refractivity (Wildman–Crippen MR) is 86.2 cm³/mol. The Morgan fingerprint density at radius 3 is 2.52 bits per heavy atom. The average Bonchev–Trinajstić information content (AvgIpc) is 2.42. The molecule has 0 fully saturated rings. The number of anilines is 2. The molecule has 0 atom stereocenters. The Morgan fingerprint density at radius 2 is 1.90 bits per heavy atom. The number of nitrogen functional groups attached to an aromatic ring is 1. The first-order valence-electron chi connectivity index (χ1n) is 6.20. The number of amides is 1. The van der Waals surface area contributed by atoms with Crippen LogP contribution in [0.25, 0.3) is 0 Å². The first kappa shape index (κ1) is 15.5. The minimum absolute atomic E-state index is 0.197. The molecule has 0 radical (unpaired) electrons. The number of hydrogen-bond acceptors (Lipinski definition) is 3. The largest absolute Gasteiger partial charge is 0.481 e. The molecular formula is C15H14Cl2N2O2. The maximum atomic E-state index is 11.8. The lowest BCUT2D eigenvalue weighted by atomic mass is 10.2. The van der Waals surface area contributed by atoms with Crippen molar-refractivity contribution in [1.82, 2.24) is 0 Å². The molecule has 0 bridgehead atoms. The Hall–Kier alpha value is -1.91. The molecule has 21 heavy (non-hydrogen) atoms. The number of carbonyl (C=O) groups is 1. The number of para-hydroxylation sites is 1. The number of rotatable bonds is 4. The first-order valence-corrected chi connectivity index (χ1v) is 6.96. The van der Waals surface area contributed by atoms with E-state index in [2.05, 4.69) is 5.32 Å². The summed E-state index contributed by atoms with van der Waals surface area (Å²) in [6.45, 7) is 1.70. The van der Waals surface area contributed by atoms with Crippen LogP contribution in [0.2, 0.25) is 10.0 Å². The van der Waals surface area contributed by atoms with Crippen molar-refractivity contribution in [2.24, 2.45) is 0 Å². The molecule has 1 amide bonds. The summed E-state index contributed by atoms with van der Waals surface area (Å²) < 4.78 is 5.35. The van der Waals surface area contributed by atoms with Gasteiger partial charge >= 0.3 is 0 Å². The molecule has 3 N–H and O–H groups in total. The Kier molecular flexibility index (Phi) is 4.94. The van der Waals surface area contributed by atoms with Gasteiger partial charge < -0.3 is 15.8 Å². The van der Waals surface area contributed by atoms with Crippen LogP contribution in [0.15, 0.2) is 36.4 Å². The highest BCUT2D eigenvalue weighted by Crippen LogP contribution is 2.32. The highest BCUT2D eigenvalue weighted by atomic mass is 35.5. The van der Waals surface area contributed by atoms with Crippen molar-refractivity contribution < 1.29 is 9.53 Å². The molecule has 0 heterocycles. The van der Waals surface area contributed by atoms with Gasteiger partial charge in [0.05, 0.1) is 10.0 Å². The number of benzene rings is 2. The van der Waals surface area contributed by atoms with E-state index in [1.54, 1.807) is 30.3 Å². The molecule has 2 rings (SSSR count). The molecule has 6 heteroatoms. The molecule has 0 saturated heterocycles. The number of aryl methyl sites for hydroxylation is 1. The van der Waals surface area contributed by atoms with Crippen molar-refractivity contribution in [3.8, 4) is 5.75 Å². The van der Waals surface area contributed by atoms with Gasteiger partial charge in [-0.15, -0.1) is 0 Å². The summed E-state index contributed by atoms with van der Waals surface area (Å²) >= 11 is 11.9. The van der Waals surface area contributed by atoms with E-state index in [1.165, 1.54) is 0 Å². The zero-order valence-electron chi connectivity index (χ0n) is 11.3. The van der Waals surface area contributed by atoms with Crippen LogP contribution < -0.4 is 15.8 Å². The van der Waals surface area contributed by atoms with E-state index in [0.29, 0.717) is 27.2 Å². The molecule has 110 valence electrons. The van der Waals surface area contributed by atoms with Crippen molar-refractivity contribution in [3.05, 3.63) is 52.0 Å². The van der Waals surface area contributed by atoms with Crippen molar-refractivity contribution >= 4 is 40.5 Å². The molecule has 2 aromatic rings. The molecule has 0 aliphatic heterocycles. The minimum atomic E-state index is -0.325. The molecule has 0 spiro atoms. The van der Waals surface area contributed by atoms with Gasteiger partial charge in [0.2, 0.25) is 0 Å². The Morgan fingerprint density at radius 1 is 1.24 bits per heavy atom. The van der Waals surface area contributed by atoms with Gasteiger partial charge in [0, 0.05) is 11.4 Å². The van der Waals surface area contributed by atoms with Crippen LogP contribution in [-0.2, 0) is 4.79 Å². The number of nitrogens with two attached hydrogens (primary N) is 1. The lowest BCUT2D eigenvalue weighted by molar-refractivity contribution is -0.118. The second kappa shape index (κ2) is 6.70. The van der Waals surface area contributed by atoms with Crippen molar-refractivity contribution in [2.75, 3.05) is 17.7 Å². The van der Waals surface area contributed by atoms with Gasteiger partial charge in [-0.3, -0.25) is 4.79 Å². The Bertz CT molecular complexity index is 654. The van der Waals surface area contributed by atoms with E-state index < -0.39 is 0 Å². The first-order chi connectivity index (χ1) is 9.97. The minimum Gasteiger partial charge on any atom is -0.481 e. The monoisotopic (exact) mass is 324 g/mol. The van der Waals surface area contributed by atoms with Crippen LogP contribution in [0, 0.1) is 6.92 Å². The number of ether oxygens (including phenoxy) is 1. The highest BCUT2D eigenvalue weighted by Gasteiger charge is 2.10. The normalized spacial score (nSPS) is 10.2. The lowest BCUT2D eigenvalue weighted by Crippen LogP contribution is -2.20. The molecule has 2 aromatic carbocycles. The molecular weight excluding hydrogens is 311 g/mol. The van der Waals surface area contributed by atoms with Crippen molar-refractivity contribution in [2.45, 2.75) is 6.92 Å². The van der Waals surface area contributed by atoms with E-state index in [1.807, 2.05) is 13.0 Å². The van der Waals surface area contributed by atoms with Gasteiger partial charge in [-0.2, -0.15) is 0 Å². The van der Waals surface area contributed by atoms with E-state index in [4.69, 9.17) is 33.7 Å². The summed E-state index contributed by atoms with van der Waals surface area (Å²) in [7, 11) is 0. The van der Waals surface area contributed by atoms with Crippen LogP contribution in [0.4, 0.5) is 11.4 Å². The fraction of sp³-hybridized carbons (Fsp3) is 0.133. The SMILES string of the molecule is Cc1ccc(NC(=O)COc2c(Cl)cccc2Cl)cc1N. The maximum absolute atomic E-state index is 11.8. The fourth-order valence-electron chi connectivity index (χ4n) is 1.67. The third-order valence-electron chi connectivity index (χ3n) is 2.83. The molecule has 0 aromatic heterocycles. The molecule has 0 aliphatic carbocycles. The number of halogens is 2. The predicted octanol–water partition coefficient (Wildman–Crippen LogP) is 3.90. The number of nitrogens with one attached hydrogen (secondary N) is 1. The molecule has 0 unspecified atom stereocenters. The number of carbonyl (C=O) groups excluding carboxylic acids is 1. The second-order valence-electron chi connectivity index (χ2n) is 4.46. The molecule has 0 aliphatic rings. The standard InChI is InChI=1S/C15H14Cl2N2O2/c1-9-5-6-10(7-13(9)18)19-14(20)8-21-15-11(16)3-2-4-12(15)17/h2-7H,8,18H2,1H3,(H,19,20). The topological polar surface area (TPSA) is 64.3 Å². The van der Waals surface area contributed by atoms with Crippen molar-refractivity contribution in [3.63, 3.8) is 0 Å². The summed E-state index contributed by atoms with van der Waals surface area (Å²) in [6.07, 6.45) is 0. The van der Waals surface area contributed by atoms with Crippen LogP contribution in [-0.4, -0.2) is 12.5 Å². The maximum Gasteiger partial charge on any atom is 0.262 e. The molecule has 0 saturated carbocycles. The van der Waals surface area contributed by atoms with Gasteiger partial charge in [-0.25, -0.2) is 0 Å².